The van der Waals surface area contributed by atoms with E-state index in [4.69, 9.17) is 9.47 Å². The summed E-state index contributed by atoms with van der Waals surface area (Å²) in [6, 6.07) is 9.30. The molecule has 0 aliphatic heterocycles. The molecule has 0 amide bonds. The third-order valence-electron chi connectivity index (χ3n) is 2.62. The van der Waals surface area contributed by atoms with E-state index in [1.54, 1.807) is 32.4 Å². The van der Waals surface area contributed by atoms with E-state index in [-0.39, 0.29) is 20.3 Å². The van der Waals surface area contributed by atoms with Crippen molar-refractivity contribution in [2.45, 2.75) is 0 Å². The van der Waals surface area contributed by atoms with Gasteiger partial charge in [-0.25, -0.2) is 0 Å². The van der Waals surface area contributed by atoms with E-state index >= 15 is 0 Å². The number of allylic oxidation sites excluding steroid dienone is 1. The summed E-state index contributed by atoms with van der Waals surface area (Å²) >= 11 is 0.172. The van der Waals surface area contributed by atoms with Gasteiger partial charge in [0.05, 0.1) is 0 Å². The van der Waals surface area contributed by atoms with Crippen LogP contribution in [0.25, 0.3) is 6.08 Å². The zero-order valence-corrected chi connectivity index (χ0v) is 12.5. The van der Waals surface area contributed by atoms with Crippen LogP contribution in [-0.2, 0) is 0 Å². The van der Waals surface area contributed by atoms with Gasteiger partial charge >= 0.3 is 118 Å². The van der Waals surface area contributed by atoms with Crippen LogP contribution >= 0.6 is 0 Å². The summed E-state index contributed by atoms with van der Waals surface area (Å²) in [4.78, 5) is 13.9. The van der Waals surface area contributed by atoms with Gasteiger partial charge in [-0.05, 0) is 0 Å². The molecule has 1 heterocycles. The number of carbonyl (C=O) groups is 1. The van der Waals surface area contributed by atoms with Crippen LogP contribution in [0.15, 0.2) is 41.3 Å². The summed E-state index contributed by atoms with van der Waals surface area (Å²) in [5.74, 6) is 1.47. The summed E-state index contributed by atoms with van der Waals surface area (Å²) in [7, 11) is 3.20. The first kappa shape index (κ1) is 13.7. The summed E-state index contributed by atoms with van der Waals surface area (Å²) in [6.07, 6.45) is 3.36. The van der Waals surface area contributed by atoms with Crippen LogP contribution in [0.2, 0.25) is 0 Å². The molecule has 2 rings (SSSR count). The second-order valence-electron chi connectivity index (χ2n) is 3.78. The van der Waals surface area contributed by atoms with Crippen molar-refractivity contribution < 1.29 is 14.3 Å². The molecule has 1 aromatic carbocycles. The molecule has 0 bridgehead atoms. The SMILES string of the molecule is COc1ccc(C=CC(=O)c2ccc[se]2)c(OC)c1. The van der Waals surface area contributed by atoms with Gasteiger partial charge in [0.15, 0.2) is 0 Å². The molecule has 0 fully saturated rings. The molecular weight excluding hydrogens is 307 g/mol. The van der Waals surface area contributed by atoms with Crippen molar-refractivity contribution >= 4 is 26.4 Å². The molecule has 0 atom stereocenters. The van der Waals surface area contributed by atoms with Gasteiger partial charge in [0.2, 0.25) is 0 Å². The molecule has 0 radical (unpaired) electrons. The van der Waals surface area contributed by atoms with E-state index in [1.165, 1.54) is 0 Å². The van der Waals surface area contributed by atoms with Crippen molar-refractivity contribution in [1.29, 1.82) is 0 Å². The summed E-state index contributed by atoms with van der Waals surface area (Å²) in [5.41, 5.74) is 0.857. The topological polar surface area (TPSA) is 35.5 Å². The van der Waals surface area contributed by atoms with Crippen LogP contribution < -0.4 is 9.47 Å². The normalized spacial score (nSPS) is 10.6. The Morgan fingerprint density at radius 2 is 2.05 bits per heavy atom. The molecule has 0 saturated heterocycles. The summed E-state index contributed by atoms with van der Waals surface area (Å²) in [5, 5.41) is 0. The predicted molar refractivity (Wildman–Crippen MR) is 76.3 cm³/mol. The fraction of sp³-hybridized carbons (Fsp3) is 0.133. The van der Waals surface area contributed by atoms with Gasteiger partial charge < -0.3 is 0 Å². The van der Waals surface area contributed by atoms with Crippen molar-refractivity contribution in [2.75, 3.05) is 14.2 Å². The number of hydrogen-bond acceptors (Lipinski definition) is 3. The van der Waals surface area contributed by atoms with Crippen LogP contribution in [0.5, 0.6) is 11.5 Å². The van der Waals surface area contributed by atoms with Crippen LogP contribution in [0.1, 0.15) is 14.8 Å². The number of ether oxygens (including phenoxy) is 2. The maximum absolute atomic E-state index is 11.9. The van der Waals surface area contributed by atoms with E-state index in [1.807, 2.05) is 29.2 Å². The molecule has 2 aromatic rings. The van der Waals surface area contributed by atoms with Crippen molar-refractivity contribution in [3.05, 3.63) is 51.3 Å². The fourth-order valence-electron chi connectivity index (χ4n) is 1.62. The zero-order valence-electron chi connectivity index (χ0n) is 10.8. The van der Waals surface area contributed by atoms with Gasteiger partial charge in [0.1, 0.15) is 0 Å². The van der Waals surface area contributed by atoms with Gasteiger partial charge in [0.25, 0.3) is 0 Å². The summed E-state index contributed by atoms with van der Waals surface area (Å²) in [6.45, 7) is 0. The Morgan fingerprint density at radius 3 is 2.68 bits per heavy atom. The predicted octanol–water partition coefficient (Wildman–Crippen LogP) is 2.66. The molecule has 4 heteroatoms. The van der Waals surface area contributed by atoms with E-state index in [0.717, 1.165) is 15.8 Å². The number of carbonyl (C=O) groups excluding carboxylic acids is 1. The van der Waals surface area contributed by atoms with E-state index in [2.05, 4.69) is 0 Å². The first-order valence-corrected chi connectivity index (χ1v) is 7.57. The number of methoxy groups -OCH3 is 2. The Balaban J connectivity index is 2.21. The number of benzene rings is 1. The molecule has 19 heavy (non-hydrogen) atoms. The number of hydrogen-bond donors (Lipinski definition) is 0. The Hall–Kier alpha value is -1.77. The van der Waals surface area contributed by atoms with Crippen molar-refractivity contribution in [2.24, 2.45) is 0 Å². The molecule has 1 aromatic heterocycles. The third-order valence-corrected chi connectivity index (χ3v) is 4.47. The standard InChI is InChI=1S/C15H14O3Se/c1-17-12-7-5-11(14(10-12)18-2)6-8-13(16)15-4-3-9-19-15/h3-10H,1-2H3. The first-order valence-electron chi connectivity index (χ1n) is 5.72. The fourth-order valence-corrected chi connectivity index (χ4v) is 2.98. The van der Waals surface area contributed by atoms with Crippen molar-refractivity contribution in [3.63, 3.8) is 0 Å². The summed E-state index contributed by atoms with van der Waals surface area (Å²) < 4.78 is 11.3. The van der Waals surface area contributed by atoms with Crippen molar-refractivity contribution in [3.8, 4) is 11.5 Å². The van der Waals surface area contributed by atoms with Crippen molar-refractivity contribution in [1.82, 2.24) is 0 Å². The first-order chi connectivity index (χ1) is 9.24. The van der Waals surface area contributed by atoms with E-state index in [0.29, 0.717) is 5.75 Å². The molecule has 0 saturated carbocycles. The third kappa shape index (κ3) is 3.37. The molecule has 0 aliphatic rings. The zero-order chi connectivity index (χ0) is 13.7. The van der Waals surface area contributed by atoms with Gasteiger partial charge in [0, 0.05) is 0 Å². The molecule has 0 unspecified atom stereocenters. The number of rotatable bonds is 5. The number of ketones is 1. The van der Waals surface area contributed by atoms with Gasteiger partial charge in [-0.3, -0.25) is 0 Å². The molecule has 3 nitrogen and oxygen atoms in total. The maximum atomic E-state index is 11.9. The minimum atomic E-state index is 0.0582. The van der Waals surface area contributed by atoms with Gasteiger partial charge in [-0.15, -0.1) is 0 Å². The average molecular weight is 321 g/mol. The Labute approximate surface area is 118 Å². The second-order valence-corrected chi connectivity index (χ2v) is 5.77. The molecular formula is C15H14O3Se. The molecule has 0 aliphatic carbocycles. The minimum absolute atomic E-state index is 0.0582. The quantitative estimate of drug-likeness (QED) is 0.482. The molecule has 98 valence electrons. The molecule has 0 spiro atoms. The molecule has 0 N–H and O–H groups in total. The Kier molecular flexibility index (Phi) is 4.61. The van der Waals surface area contributed by atoms with E-state index < -0.39 is 0 Å². The van der Waals surface area contributed by atoms with Gasteiger partial charge in [-0.1, -0.05) is 0 Å². The van der Waals surface area contributed by atoms with Crippen LogP contribution in [0.3, 0.4) is 0 Å². The second kappa shape index (κ2) is 6.41. The average Bonchev–Trinajstić information content (AvgIpc) is 2.98. The Morgan fingerprint density at radius 1 is 1.21 bits per heavy atom. The van der Waals surface area contributed by atoms with Crippen LogP contribution in [0.4, 0.5) is 0 Å². The Bertz CT molecular complexity index is 585. The monoisotopic (exact) mass is 322 g/mol. The van der Waals surface area contributed by atoms with Crippen LogP contribution in [-0.4, -0.2) is 34.5 Å². The van der Waals surface area contributed by atoms with Gasteiger partial charge in [-0.2, -0.15) is 0 Å². The van der Waals surface area contributed by atoms with Crippen LogP contribution in [0, 0.1) is 0 Å². The van der Waals surface area contributed by atoms with E-state index in [9.17, 15) is 4.79 Å².